The first-order valence-corrected chi connectivity index (χ1v) is 8.66. The zero-order chi connectivity index (χ0) is 19.7. The number of carbonyl (C=O) groups excluding carboxylic acids is 2. The Kier molecular flexibility index (Phi) is 4.57. The fourth-order valence-corrected chi connectivity index (χ4v) is 2.87. The van der Waals surface area contributed by atoms with Crippen LogP contribution < -0.4 is 14.9 Å². The lowest BCUT2D eigenvalue weighted by Crippen LogP contribution is -2.18. The van der Waals surface area contributed by atoms with E-state index in [1.54, 1.807) is 36.4 Å². The van der Waals surface area contributed by atoms with Crippen LogP contribution in [0.1, 0.15) is 26.5 Å². The molecule has 2 heterocycles. The average Bonchev–Trinajstić information content (AvgIpc) is 2.71. The number of Topliss-reactive ketones (excluding diaryl/α,β-unsaturated/α-hetero) is 1. The summed E-state index contributed by atoms with van der Waals surface area (Å²) in [5, 5.41) is 0.379. The normalized spacial score (nSPS) is 12.6. The van der Waals surface area contributed by atoms with Crippen LogP contribution in [-0.2, 0) is 4.74 Å². The second kappa shape index (κ2) is 7.19. The Morgan fingerprint density at radius 1 is 1.00 bits per heavy atom. The Morgan fingerprint density at radius 3 is 2.61 bits per heavy atom. The fourth-order valence-electron chi connectivity index (χ4n) is 2.87. The van der Waals surface area contributed by atoms with Crippen molar-refractivity contribution in [3.8, 4) is 11.5 Å². The summed E-state index contributed by atoms with van der Waals surface area (Å²) in [6.07, 6.45) is 0. The highest BCUT2D eigenvalue weighted by molar-refractivity contribution is 5.99. The maximum Gasteiger partial charge on any atom is 0.374 e. The minimum Gasteiger partial charge on any atom is -0.486 e. The third-order valence-corrected chi connectivity index (χ3v) is 4.28. The third kappa shape index (κ3) is 3.46. The molecular weight excluding hydrogens is 364 g/mol. The van der Waals surface area contributed by atoms with Gasteiger partial charge in [0, 0.05) is 11.6 Å². The molecule has 7 heteroatoms. The summed E-state index contributed by atoms with van der Waals surface area (Å²) >= 11 is 0. The Balaban J connectivity index is 1.48. The van der Waals surface area contributed by atoms with Gasteiger partial charge < -0.3 is 18.6 Å². The second-order valence-electron chi connectivity index (χ2n) is 6.33. The molecule has 1 aromatic heterocycles. The predicted molar refractivity (Wildman–Crippen MR) is 99.3 cm³/mol. The summed E-state index contributed by atoms with van der Waals surface area (Å²) in [5.74, 6) is -0.516. The molecule has 0 N–H and O–H groups in total. The second-order valence-corrected chi connectivity index (χ2v) is 6.33. The molecule has 4 rings (SSSR count). The molecule has 7 nitrogen and oxygen atoms in total. The van der Waals surface area contributed by atoms with Gasteiger partial charge in [-0.2, -0.15) is 0 Å². The van der Waals surface area contributed by atoms with Gasteiger partial charge in [-0.1, -0.05) is 11.6 Å². The van der Waals surface area contributed by atoms with Gasteiger partial charge in [0.1, 0.15) is 18.8 Å². The van der Waals surface area contributed by atoms with Crippen LogP contribution in [0, 0.1) is 6.92 Å². The van der Waals surface area contributed by atoms with E-state index in [0.717, 1.165) is 11.6 Å². The van der Waals surface area contributed by atoms with Crippen LogP contribution in [0.2, 0.25) is 0 Å². The van der Waals surface area contributed by atoms with Gasteiger partial charge in [-0.05, 0) is 37.3 Å². The Bertz CT molecular complexity index is 1140. The van der Waals surface area contributed by atoms with Crippen molar-refractivity contribution in [3.05, 3.63) is 69.6 Å². The summed E-state index contributed by atoms with van der Waals surface area (Å²) in [4.78, 5) is 36.7. The molecule has 0 saturated heterocycles. The largest absolute Gasteiger partial charge is 0.486 e. The Labute approximate surface area is 159 Å². The first-order chi connectivity index (χ1) is 13.5. The lowest BCUT2D eigenvalue weighted by Gasteiger charge is -2.18. The van der Waals surface area contributed by atoms with Crippen LogP contribution in [0.15, 0.2) is 51.7 Å². The van der Waals surface area contributed by atoms with Gasteiger partial charge in [0.15, 0.2) is 29.3 Å². The summed E-state index contributed by atoms with van der Waals surface area (Å²) < 4.78 is 21.3. The highest BCUT2D eigenvalue weighted by Crippen LogP contribution is 2.30. The lowest BCUT2D eigenvalue weighted by molar-refractivity contribution is 0.0444. The van der Waals surface area contributed by atoms with E-state index in [9.17, 15) is 14.4 Å². The van der Waals surface area contributed by atoms with Crippen molar-refractivity contribution in [1.29, 1.82) is 0 Å². The number of carbonyl (C=O) groups is 2. The molecule has 3 aromatic rings. The summed E-state index contributed by atoms with van der Waals surface area (Å²) in [6.45, 7) is 2.22. The number of hydrogen-bond acceptors (Lipinski definition) is 7. The van der Waals surface area contributed by atoms with Crippen LogP contribution in [0.3, 0.4) is 0 Å². The number of ketones is 1. The molecule has 142 valence electrons. The van der Waals surface area contributed by atoms with Crippen LogP contribution in [0.4, 0.5) is 0 Å². The molecule has 1 aliphatic heterocycles. The first-order valence-electron chi connectivity index (χ1n) is 8.66. The first kappa shape index (κ1) is 17.8. The minimum absolute atomic E-state index is 0.253. The number of esters is 1. The van der Waals surface area contributed by atoms with Crippen molar-refractivity contribution >= 4 is 22.7 Å². The van der Waals surface area contributed by atoms with Gasteiger partial charge in [-0.3, -0.25) is 9.59 Å². The summed E-state index contributed by atoms with van der Waals surface area (Å²) in [5.41, 5.74) is 1.16. The van der Waals surface area contributed by atoms with Crippen molar-refractivity contribution in [3.63, 3.8) is 0 Å². The standard InChI is InChI=1S/C21H16O7/c1-12-2-4-17-14(8-12)15(22)10-20(28-17)21(24)27-11-16(23)13-3-5-18-19(9-13)26-7-6-25-18/h2-5,8-10H,6-7,11H2,1H3. The fraction of sp³-hybridized carbons (Fsp3) is 0.190. The molecule has 0 unspecified atom stereocenters. The van der Waals surface area contributed by atoms with E-state index in [2.05, 4.69) is 0 Å². The van der Waals surface area contributed by atoms with E-state index in [0.29, 0.717) is 35.7 Å². The predicted octanol–water partition coefficient (Wildman–Crippen LogP) is 2.91. The van der Waals surface area contributed by atoms with E-state index in [1.807, 2.05) is 6.92 Å². The van der Waals surface area contributed by atoms with Crippen LogP contribution >= 0.6 is 0 Å². The molecule has 0 amide bonds. The number of fused-ring (bicyclic) bond motifs is 2. The average molecular weight is 380 g/mol. The number of aryl methyl sites for hydroxylation is 1. The van der Waals surface area contributed by atoms with E-state index >= 15 is 0 Å². The van der Waals surface area contributed by atoms with Gasteiger partial charge in [-0.15, -0.1) is 0 Å². The van der Waals surface area contributed by atoms with Gasteiger partial charge in [0.25, 0.3) is 0 Å². The summed E-state index contributed by atoms with van der Waals surface area (Å²) in [7, 11) is 0. The van der Waals surface area contributed by atoms with E-state index in [-0.39, 0.29) is 16.8 Å². The molecule has 0 radical (unpaired) electrons. The minimum atomic E-state index is -0.884. The smallest absolute Gasteiger partial charge is 0.374 e. The quantitative estimate of drug-likeness (QED) is 0.508. The van der Waals surface area contributed by atoms with E-state index in [1.165, 1.54) is 0 Å². The molecule has 2 aromatic carbocycles. The van der Waals surface area contributed by atoms with Crippen molar-refractivity contribution in [2.24, 2.45) is 0 Å². The molecule has 0 bridgehead atoms. The van der Waals surface area contributed by atoms with Gasteiger partial charge in [-0.25, -0.2) is 4.79 Å². The molecule has 0 aliphatic carbocycles. The Hall–Kier alpha value is -3.61. The van der Waals surface area contributed by atoms with Crippen molar-refractivity contribution < 1.29 is 28.2 Å². The van der Waals surface area contributed by atoms with Crippen molar-refractivity contribution in [2.75, 3.05) is 19.8 Å². The topological polar surface area (TPSA) is 92.0 Å². The third-order valence-electron chi connectivity index (χ3n) is 4.28. The van der Waals surface area contributed by atoms with Crippen molar-refractivity contribution in [1.82, 2.24) is 0 Å². The molecule has 1 aliphatic rings. The van der Waals surface area contributed by atoms with E-state index < -0.39 is 18.4 Å². The highest BCUT2D eigenvalue weighted by atomic mass is 16.6. The van der Waals surface area contributed by atoms with Gasteiger partial charge in [0.2, 0.25) is 5.76 Å². The molecule has 0 spiro atoms. The lowest BCUT2D eigenvalue weighted by atomic mass is 10.1. The van der Waals surface area contributed by atoms with Crippen LogP contribution in [0.25, 0.3) is 11.0 Å². The maximum atomic E-state index is 12.3. The zero-order valence-corrected chi connectivity index (χ0v) is 15.0. The molecule has 0 atom stereocenters. The number of rotatable bonds is 4. The summed E-state index contributed by atoms with van der Waals surface area (Å²) in [6, 6.07) is 10.9. The SMILES string of the molecule is Cc1ccc2oc(C(=O)OCC(=O)c3ccc4c(c3)OCCO4)cc(=O)c2c1. The maximum absolute atomic E-state index is 12.3. The molecule has 0 saturated carbocycles. The molecule has 0 fully saturated rings. The van der Waals surface area contributed by atoms with Gasteiger partial charge in [0.05, 0.1) is 5.39 Å². The molecule has 28 heavy (non-hydrogen) atoms. The van der Waals surface area contributed by atoms with Crippen LogP contribution in [0.5, 0.6) is 11.5 Å². The molecular formula is C21H16O7. The Morgan fingerprint density at radius 2 is 1.79 bits per heavy atom. The van der Waals surface area contributed by atoms with Crippen LogP contribution in [-0.4, -0.2) is 31.6 Å². The van der Waals surface area contributed by atoms with E-state index in [4.69, 9.17) is 18.6 Å². The monoisotopic (exact) mass is 380 g/mol. The van der Waals surface area contributed by atoms with Gasteiger partial charge >= 0.3 is 5.97 Å². The highest BCUT2D eigenvalue weighted by Gasteiger charge is 2.18. The number of benzene rings is 2. The zero-order valence-electron chi connectivity index (χ0n) is 15.0. The number of hydrogen-bond donors (Lipinski definition) is 0. The van der Waals surface area contributed by atoms with Crippen molar-refractivity contribution in [2.45, 2.75) is 6.92 Å². The number of ether oxygens (including phenoxy) is 3.